The second-order valence-electron chi connectivity index (χ2n) is 6.44. The molecule has 1 saturated carbocycles. The molecule has 1 aliphatic heterocycles. The molecule has 0 aromatic heterocycles. The molecule has 3 rings (SSSR count). The zero-order chi connectivity index (χ0) is 15.2. The first-order chi connectivity index (χ1) is 10.8. The van der Waals surface area contributed by atoms with E-state index in [1.807, 2.05) is 6.07 Å². The molecule has 2 aliphatic rings. The monoisotopic (exact) mass is 302 g/mol. The van der Waals surface area contributed by atoms with Crippen molar-refractivity contribution >= 4 is 5.91 Å². The van der Waals surface area contributed by atoms with Crippen LogP contribution in [0.3, 0.4) is 0 Å². The average Bonchev–Trinajstić information content (AvgIpc) is 3.08. The van der Waals surface area contributed by atoms with Gasteiger partial charge in [-0.25, -0.2) is 0 Å². The fourth-order valence-electron chi connectivity index (χ4n) is 3.44. The van der Waals surface area contributed by atoms with Crippen molar-refractivity contribution in [3.05, 3.63) is 35.9 Å². The highest BCUT2D eigenvalue weighted by atomic mass is 16.5. The number of hydrogen-bond donors (Lipinski definition) is 1. The maximum atomic E-state index is 12.1. The Balaban J connectivity index is 1.43. The minimum atomic E-state index is 0.114. The average molecular weight is 302 g/mol. The topological polar surface area (TPSA) is 41.6 Å². The van der Waals surface area contributed by atoms with Crippen LogP contribution in [0.15, 0.2) is 30.3 Å². The highest BCUT2D eigenvalue weighted by Crippen LogP contribution is 2.24. The van der Waals surface area contributed by atoms with Gasteiger partial charge >= 0.3 is 0 Å². The van der Waals surface area contributed by atoms with E-state index in [0.29, 0.717) is 6.54 Å². The van der Waals surface area contributed by atoms with Crippen molar-refractivity contribution in [3.63, 3.8) is 0 Å². The summed E-state index contributed by atoms with van der Waals surface area (Å²) in [5.41, 5.74) is 1.33. The number of amides is 1. The van der Waals surface area contributed by atoms with Crippen LogP contribution in [-0.4, -0.2) is 43.2 Å². The van der Waals surface area contributed by atoms with Gasteiger partial charge in [-0.1, -0.05) is 43.2 Å². The number of benzene rings is 1. The molecule has 2 fully saturated rings. The number of carbonyl (C=O) groups excluding carboxylic acids is 1. The van der Waals surface area contributed by atoms with E-state index < -0.39 is 0 Å². The van der Waals surface area contributed by atoms with Crippen LogP contribution in [0, 0.1) is 5.92 Å². The number of carbonyl (C=O) groups is 1. The number of rotatable bonds is 5. The van der Waals surface area contributed by atoms with E-state index in [-0.39, 0.29) is 17.9 Å². The van der Waals surface area contributed by atoms with Gasteiger partial charge in [0.15, 0.2) is 0 Å². The van der Waals surface area contributed by atoms with Gasteiger partial charge < -0.3 is 10.1 Å². The van der Waals surface area contributed by atoms with E-state index in [4.69, 9.17) is 4.74 Å². The molecule has 120 valence electrons. The number of nitrogens with one attached hydrogen (secondary N) is 1. The highest BCUT2D eigenvalue weighted by molar-refractivity contribution is 5.78. The molecule has 22 heavy (non-hydrogen) atoms. The molecular weight excluding hydrogens is 276 g/mol. The molecule has 1 atom stereocenters. The summed E-state index contributed by atoms with van der Waals surface area (Å²) in [6.45, 7) is 4.19. The van der Waals surface area contributed by atoms with Crippen LogP contribution < -0.4 is 5.32 Å². The third kappa shape index (κ3) is 4.31. The Morgan fingerprint density at radius 2 is 2.00 bits per heavy atom. The summed E-state index contributed by atoms with van der Waals surface area (Å²) in [4.78, 5) is 14.5. The fourth-order valence-corrected chi connectivity index (χ4v) is 3.44. The van der Waals surface area contributed by atoms with Crippen LogP contribution in [0.1, 0.15) is 31.2 Å². The highest BCUT2D eigenvalue weighted by Gasteiger charge is 2.25. The van der Waals surface area contributed by atoms with E-state index in [0.717, 1.165) is 39.1 Å². The molecule has 1 saturated heterocycles. The van der Waals surface area contributed by atoms with Gasteiger partial charge in [0.05, 0.1) is 12.7 Å². The summed E-state index contributed by atoms with van der Waals surface area (Å²) >= 11 is 0. The largest absolute Gasteiger partial charge is 0.374 e. The SMILES string of the molecule is O=C(NC[C@H]1CN(Cc2ccccc2)CCO1)C1CCCC1. The molecule has 1 heterocycles. The van der Waals surface area contributed by atoms with E-state index in [2.05, 4.69) is 34.5 Å². The number of ether oxygens (including phenoxy) is 1. The van der Waals surface area contributed by atoms with Crippen LogP contribution in [0.2, 0.25) is 0 Å². The molecule has 0 radical (unpaired) electrons. The Morgan fingerprint density at radius 1 is 1.23 bits per heavy atom. The minimum Gasteiger partial charge on any atom is -0.374 e. The lowest BCUT2D eigenvalue weighted by atomic mass is 10.1. The van der Waals surface area contributed by atoms with Crippen molar-refractivity contribution in [1.82, 2.24) is 10.2 Å². The van der Waals surface area contributed by atoms with Crippen LogP contribution >= 0.6 is 0 Å². The second-order valence-corrected chi connectivity index (χ2v) is 6.44. The first kappa shape index (κ1) is 15.5. The van der Waals surface area contributed by atoms with Gasteiger partial charge in [-0.2, -0.15) is 0 Å². The van der Waals surface area contributed by atoms with Gasteiger partial charge in [0.2, 0.25) is 5.91 Å². The molecular formula is C18H26N2O2. The third-order valence-electron chi connectivity index (χ3n) is 4.70. The fraction of sp³-hybridized carbons (Fsp3) is 0.611. The minimum absolute atomic E-state index is 0.114. The summed E-state index contributed by atoms with van der Waals surface area (Å²) < 4.78 is 5.80. The number of morpholine rings is 1. The van der Waals surface area contributed by atoms with Gasteiger partial charge in [0.25, 0.3) is 0 Å². The van der Waals surface area contributed by atoms with E-state index >= 15 is 0 Å². The number of nitrogens with zero attached hydrogens (tertiary/aromatic N) is 1. The van der Waals surface area contributed by atoms with Crippen molar-refractivity contribution in [3.8, 4) is 0 Å². The smallest absolute Gasteiger partial charge is 0.223 e. The van der Waals surface area contributed by atoms with Crippen LogP contribution in [0.5, 0.6) is 0 Å². The van der Waals surface area contributed by atoms with Gasteiger partial charge in [-0.05, 0) is 18.4 Å². The third-order valence-corrected chi connectivity index (χ3v) is 4.70. The lowest BCUT2D eigenvalue weighted by Crippen LogP contribution is -2.47. The van der Waals surface area contributed by atoms with Crippen molar-refractivity contribution in [2.75, 3.05) is 26.2 Å². The zero-order valence-electron chi connectivity index (χ0n) is 13.2. The molecule has 4 heteroatoms. The van der Waals surface area contributed by atoms with Crippen LogP contribution in [-0.2, 0) is 16.1 Å². The van der Waals surface area contributed by atoms with E-state index in [1.165, 1.54) is 18.4 Å². The lowest BCUT2D eigenvalue weighted by molar-refractivity contribution is -0.126. The van der Waals surface area contributed by atoms with Gasteiger partial charge in [0, 0.05) is 32.1 Å². The molecule has 0 unspecified atom stereocenters. The lowest BCUT2D eigenvalue weighted by Gasteiger charge is -2.33. The van der Waals surface area contributed by atoms with E-state index in [9.17, 15) is 4.79 Å². The zero-order valence-corrected chi connectivity index (χ0v) is 13.2. The Bertz CT molecular complexity index is 471. The summed E-state index contributed by atoms with van der Waals surface area (Å²) in [6.07, 6.45) is 4.61. The predicted molar refractivity (Wildman–Crippen MR) is 86.4 cm³/mol. The van der Waals surface area contributed by atoms with Crippen molar-refractivity contribution in [2.24, 2.45) is 5.92 Å². The van der Waals surface area contributed by atoms with Crippen LogP contribution in [0.4, 0.5) is 0 Å². The first-order valence-electron chi connectivity index (χ1n) is 8.47. The predicted octanol–water partition coefficient (Wildman–Crippen LogP) is 2.19. The standard InChI is InChI=1S/C18H26N2O2/c21-18(16-8-4-5-9-16)19-12-17-14-20(10-11-22-17)13-15-6-2-1-3-7-15/h1-3,6-7,16-17H,4-5,8-14H2,(H,19,21)/t17-/m0/s1. The first-order valence-corrected chi connectivity index (χ1v) is 8.47. The normalized spacial score (nSPS) is 23.5. The summed E-state index contributed by atoms with van der Waals surface area (Å²) in [7, 11) is 0. The molecule has 4 nitrogen and oxygen atoms in total. The molecule has 1 amide bonds. The van der Waals surface area contributed by atoms with Gasteiger partial charge in [0.1, 0.15) is 0 Å². The van der Waals surface area contributed by atoms with Crippen molar-refractivity contribution in [1.29, 1.82) is 0 Å². The quantitative estimate of drug-likeness (QED) is 0.906. The molecule has 0 spiro atoms. The maximum absolute atomic E-state index is 12.1. The summed E-state index contributed by atoms with van der Waals surface area (Å²) in [6, 6.07) is 10.5. The van der Waals surface area contributed by atoms with Gasteiger partial charge in [-0.3, -0.25) is 9.69 Å². The Morgan fingerprint density at radius 3 is 2.77 bits per heavy atom. The molecule has 1 N–H and O–H groups in total. The van der Waals surface area contributed by atoms with Crippen molar-refractivity contribution < 1.29 is 9.53 Å². The van der Waals surface area contributed by atoms with E-state index in [1.54, 1.807) is 0 Å². The molecule has 1 aliphatic carbocycles. The Hall–Kier alpha value is -1.39. The summed E-state index contributed by atoms with van der Waals surface area (Å²) in [5.74, 6) is 0.463. The maximum Gasteiger partial charge on any atom is 0.223 e. The van der Waals surface area contributed by atoms with Gasteiger partial charge in [-0.15, -0.1) is 0 Å². The van der Waals surface area contributed by atoms with Crippen LogP contribution in [0.25, 0.3) is 0 Å². The summed E-state index contributed by atoms with van der Waals surface area (Å²) in [5, 5.41) is 3.09. The Kier molecular flexibility index (Phi) is 5.46. The molecule has 1 aromatic rings. The number of hydrogen-bond acceptors (Lipinski definition) is 3. The molecule has 1 aromatic carbocycles. The molecule has 0 bridgehead atoms. The Labute approximate surface area is 132 Å². The second kappa shape index (κ2) is 7.75. The van der Waals surface area contributed by atoms with Crippen molar-refractivity contribution in [2.45, 2.75) is 38.3 Å².